The van der Waals surface area contributed by atoms with Gasteiger partial charge in [-0.3, -0.25) is 4.79 Å². The van der Waals surface area contributed by atoms with Crippen molar-refractivity contribution in [3.63, 3.8) is 0 Å². The molecule has 0 bridgehead atoms. The molecule has 2 aromatic rings. The van der Waals surface area contributed by atoms with Crippen LogP contribution in [0.1, 0.15) is 6.42 Å². The minimum Gasteiger partial charge on any atom is -0.464 e. The smallest absolute Gasteiger partial charge is 0.210 e. The average Bonchev–Trinajstić information content (AvgIpc) is 3.46. The molecule has 150 valence electrons. The quantitative estimate of drug-likeness (QED) is 0.472. The van der Waals surface area contributed by atoms with Gasteiger partial charge in [0.2, 0.25) is 6.41 Å². The Labute approximate surface area is 170 Å². The lowest BCUT2D eigenvalue weighted by Crippen LogP contribution is -2.25. The molecule has 1 N–H and O–H groups in total. The van der Waals surface area contributed by atoms with Gasteiger partial charge in [0.25, 0.3) is 0 Å². The molecule has 5 rings (SSSR count). The molecule has 1 aromatic carbocycles. The third kappa shape index (κ3) is 4.60. The molecule has 28 heavy (non-hydrogen) atoms. The van der Waals surface area contributed by atoms with Crippen LogP contribution in [0.5, 0.6) is 0 Å². The van der Waals surface area contributed by atoms with Gasteiger partial charge in [0, 0.05) is 43.1 Å². The second kappa shape index (κ2) is 9.13. The van der Waals surface area contributed by atoms with Gasteiger partial charge in [-0.2, -0.15) is 0 Å². The number of ether oxygens (including phenoxy) is 1. The van der Waals surface area contributed by atoms with E-state index in [-0.39, 0.29) is 0 Å². The molecular weight excluding hydrogens is 374 g/mol. The normalized spacial score (nSPS) is 21.9. The molecule has 4 heterocycles. The van der Waals surface area contributed by atoms with Crippen LogP contribution >= 0.6 is 11.9 Å². The summed E-state index contributed by atoms with van der Waals surface area (Å²) in [6.07, 6.45) is 3.91. The van der Waals surface area contributed by atoms with Crippen molar-refractivity contribution in [2.45, 2.75) is 11.3 Å². The molecular formula is C21H27N3O3S. The first-order valence-electron chi connectivity index (χ1n) is 9.77. The van der Waals surface area contributed by atoms with Crippen LogP contribution in [0.25, 0.3) is 11.0 Å². The number of nitrogens with one attached hydrogen (secondary N) is 1. The zero-order chi connectivity index (χ0) is 19.3. The fraction of sp³-hybridized carbons (Fsp3) is 0.476. The van der Waals surface area contributed by atoms with Crippen LogP contribution in [0.4, 0.5) is 0 Å². The van der Waals surface area contributed by atoms with Gasteiger partial charge in [-0.05, 0) is 73.3 Å². The third-order valence-corrected chi connectivity index (χ3v) is 6.33. The lowest BCUT2D eigenvalue weighted by molar-refractivity contribution is -0.117. The van der Waals surface area contributed by atoms with Gasteiger partial charge >= 0.3 is 0 Å². The van der Waals surface area contributed by atoms with Crippen molar-refractivity contribution in [1.82, 2.24) is 14.5 Å². The Morgan fingerprint density at radius 3 is 2.71 bits per heavy atom. The van der Waals surface area contributed by atoms with E-state index in [4.69, 9.17) is 9.15 Å². The molecule has 1 aromatic heterocycles. The highest BCUT2D eigenvalue weighted by Gasteiger charge is 2.29. The average molecular weight is 402 g/mol. The van der Waals surface area contributed by atoms with Gasteiger partial charge in [-0.15, -0.1) is 0 Å². The standard InChI is InChI=1S/C15H14N2O2S.C6H13NO/c18-10-16-6-12-8-17(9-13(12)7-16)20-14-1-2-15-11(5-14)3-4-19-15;1-7-4-6-2-3-8-5-6/h1-5,10H,6-9H2;6-7H,2-5H2,1H3. The van der Waals surface area contributed by atoms with Crippen molar-refractivity contribution >= 4 is 29.3 Å². The maximum absolute atomic E-state index is 10.8. The monoisotopic (exact) mass is 401 g/mol. The molecule has 1 amide bonds. The summed E-state index contributed by atoms with van der Waals surface area (Å²) in [4.78, 5) is 13.8. The van der Waals surface area contributed by atoms with Crippen molar-refractivity contribution in [2.24, 2.45) is 5.92 Å². The maximum Gasteiger partial charge on any atom is 0.210 e. The molecule has 1 fully saturated rings. The number of fused-ring (bicyclic) bond motifs is 1. The van der Waals surface area contributed by atoms with E-state index in [1.807, 2.05) is 24.1 Å². The van der Waals surface area contributed by atoms with Gasteiger partial charge in [-0.25, -0.2) is 4.31 Å². The summed E-state index contributed by atoms with van der Waals surface area (Å²) in [7, 11) is 1.98. The summed E-state index contributed by atoms with van der Waals surface area (Å²) in [6.45, 7) is 6.54. The van der Waals surface area contributed by atoms with Crippen LogP contribution < -0.4 is 5.32 Å². The van der Waals surface area contributed by atoms with Crippen molar-refractivity contribution in [1.29, 1.82) is 0 Å². The van der Waals surface area contributed by atoms with Crippen molar-refractivity contribution in [3.8, 4) is 0 Å². The molecule has 1 atom stereocenters. The Balaban J connectivity index is 0.000000203. The topological polar surface area (TPSA) is 58.0 Å². The molecule has 1 unspecified atom stereocenters. The largest absolute Gasteiger partial charge is 0.464 e. The Bertz CT molecular complexity index is 826. The molecule has 3 aliphatic rings. The molecule has 7 heteroatoms. The van der Waals surface area contributed by atoms with E-state index in [0.717, 1.165) is 69.2 Å². The first-order valence-corrected chi connectivity index (χ1v) is 10.5. The van der Waals surface area contributed by atoms with Gasteiger partial charge in [0.1, 0.15) is 5.58 Å². The number of furan rings is 1. The molecule has 1 saturated heterocycles. The molecule has 0 spiro atoms. The van der Waals surface area contributed by atoms with Crippen LogP contribution in [0.3, 0.4) is 0 Å². The van der Waals surface area contributed by atoms with E-state index < -0.39 is 0 Å². The predicted octanol–water partition coefficient (Wildman–Crippen LogP) is 2.77. The van der Waals surface area contributed by atoms with Crippen molar-refractivity contribution in [3.05, 3.63) is 41.7 Å². The van der Waals surface area contributed by atoms with E-state index in [1.54, 1.807) is 18.2 Å². The van der Waals surface area contributed by atoms with Crippen LogP contribution in [0.15, 0.2) is 51.0 Å². The summed E-state index contributed by atoms with van der Waals surface area (Å²) in [5.74, 6) is 0.778. The number of rotatable bonds is 5. The zero-order valence-electron chi connectivity index (χ0n) is 16.2. The van der Waals surface area contributed by atoms with E-state index in [0.29, 0.717) is 0 Å². The zero-order valence-corrected chi connectivity index (χ0v) is 17.0. The highest BCUT2D eigenvalue weighted by Crippen LogP contribution is 2.34. The second-order valence-corrected chi connectivity index (χ2v) is 8.68. The fourth-order valence-electron chi connectivity index (χ4n) is 3.90. The first kappa shape index (κ1) is 19.5. The lowest BCUT2D eigenvalue weighted by Gasteiger charge is -2.19. The number of amides is 1. The van der Waals surface area contributed by atoms with Gasteiger partial charge in [0.15, 0.2) is 0 Å². The highest BCUT2D eigenvalue weighted by molar-refractivity contribution is 7.97. The van der Waals surface area contributed by atoms with Crippen LogP contribution in [0.2, 0.25) is 0 Å². The molecule has 0 saturated carbocycles. The molecule has 6 nitrogen and oxygen atoms in total. The van der Waals surface area contributed by atoms with Crippen molar-refractivity contribution < 1.29 is 13.9 Å². The first-order chi connectivity index (χ1) is 13.7. The Morgan fingerprint density at radius 2 is 2.04 bits per heavy atom. The van der Waals surface area contributed by atoms with Gasteiger partial charge < -0.3 is 19.4 Å². The highest BCUT2D eigenvalue weighted by atomic mass is 32.2. The van der Waals surface area contributed by atoms with Gasteiger partial charge in [0.05, 0.1) is 12.9 Å². The summed E-state index contributed by atoms with van der Waals surface area (Å²) < 4.78 is 12.9. The third-order valence-electron chi connectivity index (χ3n) is 5.35. The van der Waals surface area contributed by atoms with Crippen molar-refractivity contribution in [2.75, 3.05) is 53.0 Å². The molecule has 3 aliphatic heterocycles. The molecule has 0 aliphatic carbocycles. The minimum atomic E-state index is 0.778. The molecule has 0 radical (unpaired) electrons. The van der Waals surface area contributed by atoms with Crippen LogP contribution in [-0.2, 0) is 9.53 Å². The lowest BCUT2D eigenvalue weighted by atomic mass is 10.1. The Hall–Kier alpha value is -1.80. The van der Waals surface area contributed by atoms with E-state index >= 15 is 0 Å². The predicted molar refractivity (Wildman–Crippen MR) is 111 cm³/mol. The number of hydrogen-bond donors (Lipinski definition) is 1. The number of nitrogens with zero attached hydrogens (tertiary/aromatic N) is 2. The summed E-state index contributed by atoms with van der Waals surface area (Å²) in [5, 5.41) is 4.27. The minimum absolute atomic E-state index is 0.778. The Morgan fingerprint density at radius 1 is 1.21 bits per heavy atom. The van der Waals surface area contributed by atoms with E-state index in [9.17, 15) is 4.79 Å². The fourth-order valence-corrected chi connectivity index (χ4v) is 4.95. The summed E-state index contributed by atoms with van der Waals surface area (Å²) in [6, 6.07) is 8.26. The SMILES string of the molecule is CNCC1CCOC1.O=CN1CC2=C(C1)CN(Sc1ccc3occc3c1)C2. The van der Waals surface area contributed by atoms with E-state index in [2.05, 4.69) is 21.8 Å². The van der Waals surface area contributed by atoms with E-state index in [1.165, 1.54) is 22.5 Å². The number of hydrogen-bond acceptors (Lipinski definition) is 6. The van der Waals surface area contributed by atoms with Crippen LogP contribution in [0, 0.1) is 5.92 Å². The maximum atomic E-state index is 10.8. The van der Waals surface area contributed by atoms with Gasteiger partial charge in [-0.1, -0.05) is 0 Å². The summed E-state index contributed by atoms with van der Waals surface area (Å²) >= 11 is 1.78. The second-order valence-electron chi connectivity index (χ2n) is 7.51. The number of carbonyl (C=O) groups is 1. The van der Waals surface area contributed by atoms with Crippen LogP contribution in [-0.4, -0.2) is 68.6 Å². The summed E-state index contributed by atoms with van der Waals surface area (Å²) in [5.41, 5.74) is 3.75. The number of benzene rings is 1. The number of carbonyl (C=O) groups excluding carboxylic acids is 1. The Kier molecular flexibility index (Phi) is 6.36.